The lowest BCUT2D eigenvalue weighted by molar-refractivity contribution is -0.134. The van der Waals surface area contributed by atoms with Gasteiger partial charge in [0, 0.05) is 45.7 Å². The van der Waals surface area contributed by atoms with E-state index in [-0.39, 0.29) is 0 Å². The molecule has 0 spiro atoms. The van der Waals surface area contributed by atoms with Gasteiger partial charge < -0.3 is 14.7 Å². The molecule has 0 unspecified atom stereocenters. The van der Waals surface area contributed by atoms with Crippen LogP contribution in [0.2, 0.25) is 5.02 Å². The minimum atomic E-state index is 0.323. The van der Waals surface area contributed by atoms with Crippen molar-refractivity contribution in [3.63, 3.8) is 0 Å². The van der Waals surface area contributed by atoms with Crippen LogP contribution in [0, 0.1) is 5.92 Å². The average Bonchev–Trinajstić information content (AvgIpc) is 2.63. The number of amides is 1. The normalized spacial score (nSPS) is 20.4. The molecule has 2 fully saturated rings. The van der Waals surface area contributed by atoms with E-state index in [1.165, 1.54) is 6.33 Å². The minimum Gasteiger partial charge on any atom is -0.355 e. The van der Waals surface area contributed by atoms with Crippen molar-refractivity contribution in [2.45, 2.75) is 26.2 Å². The number of hydrogen-bond donors (Lipinski definition) is 0. The summed E-state index contributed by atoms with van der Waals surface area (Å²) in [4.78, 5) is 27.4. The Morgan fingerprint density at radius 1 is 1.21 bits per heavy atom. The molecule has 0 bridgehead atoms. The van der Waals surface area contributed by atoms with Gasteiger partial charge in [0.25, 0.3) is 0 Å². The van der Waals surface area contributed by atoms with Crippen molar-refractivity contribution in [1.82, 2.24) is 19.8 Å². The summed E-state index contributed by atoms with van der Waals surface area (Å²) in [5, 5.41) is 0.598. The van der Waals surface area contributed by atoms with Gasteiger partial charge in [-0.2, -0.15) is 0 Å². The second-order valence-corrected chi connectivity index (χ2v) is 7.05. The van der Waals surface area contributed by atoms with E-state index in [0.29, 0.717) is 23.3 Å². The summed E-state index contributed by atoms with van der Waals surface area (Å²) in [5.74, 6) is 1.61. The first-order chi connectivity index (χ1) is 11.7. The Kier molecular flexibility index (Phi) is 5.89. The maximum atomic E-state index is 12.5. The van der Waals surface area contributed by atoms with E-state index in [2.05, 4.69) is 26.7 Å². The highest BCUT2D eigenvalue weighted by Gasteiger charge is 2.26. The first kappa shape index (κ1) is 17.4. The molecule has 0 atom stereocenters. The zero-order chi connectivity index (χ0) is 16.9. The highest BCUT2D eigenvalue weighted by molar-refractivity contribution is 6.32. The van der Waals surface area contributed by atoms with Gasteiger partial charge in [-0.25, -0.2) is 9.97 Å². The first-order valence-corrected chi connectivity index (χ1v) is 9.25. The molecule has 3 rings (SSSR count). The molecule has 0 radical (unpaired) electrons. The van der Waals surface area contributed by atoms with Crippen LogP contribution in [-0.4, -0.2) is 71.5 Å². The van der Waals surface area contributed by atoms with Gasteiger partial charge in [0.05, 0.1) is 6.20 Å². The van der Waals surface area contributed by atoms with Crippen LogP contribution in [0.4, 0.5) is 5.82 Å². The fraction of sp³-hybridized carbons (Fsp3) is 0.706. The maximum Gasteiger partial charge on any atom is 0.222 e. The van der Waals surface area contributed by atoms with Crippen molar-refractivity contribution < 1.29 is 4.79 Å². The number of carbonyl (C=O) groups is 1. The third kappa shape index (κ3) is 4.16. The number of rotatable bonds is 4. The zero-order valence-corrected chi connectivity index (χ0v) is 15.1. The molecule has 3 heterocycles. The molecule has 2 saturated heterocycles. The summed E-state index contributed by atoms with van der Waals surface area (Å²) in [6.07, 6.45) is 5.88. The molecule has 0 aromatic carbocycles. The molecular formula is C17H26ClN5O. The summed E-state index contributed by atoms with van der Waals surface area (Å²) in [7, 11) is 0. The van der Waals surface area contributed by atoms with E-state index in [9.17, 15) is 4.79 Å². The van der Waals surface area contributed by atoms with Crippen molar-refractivity contribution in [2.75, 3.05) is 50.7 Å². The second-order valence-electron chi connectivity index (χ2n) is 6.64. The van der Waals surface area contributed by atoms with Crippen LogP contribution in [0.25, 0.3) is 0 Å². The van der Waals surface area contributed by atoms with E-state index in [4.69, 9.17) is 11.6 Å². The molecule has 0 N–H and O–H groups in total. The summed E-state index contributed by atoms with van der Waals surface area (Å²) in [5.41, 5.74) is 0. The highest BCUT2D eigenvalue weighted by Crippen LogP contribution is 2.28. The minimum absolute atomic E-state index is 0.323. The number of carbonyl (C=O) groups excluding carboxylic acids is 1. The third-order valence-corrected chi connectivity index (χ3v) is 5.46. The predicted molar refractivity (Wildman–Crippen MR) is 95.3 cm³/mol. The van der Waals surface area contributed by atoms with Gasteiger partial charge in [-0.1, -0.05) is 18.5 Å². The summed E-state index contributed by atoms with van der Waals surface area (Å²) in [6, 6.07) is 0. The molecule has 0 saturated carbocycles. The molecule has 1 amide bonds. The largest absolute Gasteiger partial charge is 0.355 e. The van der Waals surface area contributed by atoms with Crippen LogP contribution in [0.1, 0.15) is 26.2 Å². The van der Waals surface area contributed by atoms with E-state index in [1.807, 2.05) is 4.90 Å². The number of halogens is 1. The zero-order valence-electron chi connectivity index (χ0n) is 14.3. The average molecular weight is 352 g/mol. The van der Waals surface area contributed by atoms with Crippen molar-refractivity contribution in [2.24, 2.45) is 5.92 Å². The van der Waals surface area contributed by atoms with E-state index in [1.54, 1.807) is 6.20 Å². The SMILES string of the molecule is CCN1CCN(C(=O)CC2CCN(c3ncncc3Cl)CC2)CC1. The molecule has 6 nitrogen and oxygen atoms in total. The van der Waals surface area contributed by atoms with Crippen LogP contribution in [0.5, 0.6) is 0 Å². The number of anilines is 1. The topological polar surface area (TPSA) is 52.6 Å². The number of likely N-dealkylation sites (N-methyl/N-ethyl adjacent to an activating group) is 1. The van der Waals surface area contributed by atoms with Gasteiger partial charge in [0.2, 0.25) is 5.91 Å². The van der Waals surface area contributed by atoms with Crippen molar-refractivity contribution >= 4 is 23.3 Å². The van der Waals surface area contributed by atoms with Crippen molar-refractivity contribution in [1.29, 1.82) is 0 Å². The predicted octanol–water partition coefficient (Wildman–Crippen LogP) is 1.90. The quantitative estimate of drug-likeness (QED) is 0.829. The van der Waals surface area contributed by atoms with Gasteiger partial charge in [0.15, 0.2) is 5.82 Å². The van der Waals surface area contributed by atoms with Crippen LogP contribution < -0.4 is 4.90 Å². The number of aromatic nitrogens is 2. The van der Waals surface area contributed by atoms with E-state index in [0.717, 1.165) is 64.5 Å². The number of hydrogen-bond acceptors (Lipinski definition) is 5. The lowest BCUT2D eigenvalue weighted by atomic mass is 9.93. The smallest absolute Gasteiger partial charge is 0.222 e. The molecular weight excluding hydrogens is 326 g/mol. The lowest BCUT2D eigenvalue weighted by Gasteiger charge is -2.36. The lowest BCUT2D eigenvalue weighted by Crippen LogP contribution is -2.49. The van der Waals surface area contributed by atoms with Gasteiger partial charge in [-0.05, 0) is 25.3 Å². The van der Waals surface area contributed by atoms with Crippen LogP contribution in [0.3, 0.4) is 0 Å². The van der Waals surface area contributed by atoms with Crippen LogP contribution in [-0.2, 0) is 4.79 Å². The summed E-state index contributed by atoms with van der Waals surface area (Å²) in [6.45, 7) is 8.82. The molecule has 2 aliphatic heterocycles. The van der Waals surface area contributed by atoms with E-state index < -0.39 is 0 Å². The Labute approximate surface area is 148 Å². The molecule has 24 heavy (non-hydrogen) atoms. The highest BCUT2D eigenvalue weighted by atomic mass is 35.5. The molecule has 1 aromatic heterocycles. The third-order valence-electron chi connectivity index (χ3n) is 5.20. The number of piperazine rings is 1. The second kappa shape index (κ2) is 8.12. The van der Waals surface area contributed by atoms with Gasteiger partial charge in [-0.3, -0.25) is 4.79 Å². The number of nitrogens with zero attached hydrogens (tertiary/aromatic N) is 5. The molecule has 2 aliphatic rings. The molecule has 0 aliphatic carbocycles. The summed E-state index contributed by atoms with van der Waals surface area (Å²) < 4.78 is 0. The summed E-state index contributed by atoms with van der Waals surface area (Å²) >= 11 is 6.17. The first-order valence-electron chi connectivity index (χ1n) is 8.88. The molecule has 1 aromatic rings. The Morgan fingerprint density at radius 2 is 1.92 bits per heavy atom. The standard InChI is InChI=1S/C17H26ClN5O/c1-2-21-7-9-22(10-8-21)16(24)11-14-3-5-23(6-4-14)17-15(18)12-19-13-20-17/h12-14H,2-11H2,1H3. The van der Waals surface area contributed by atoms with E-state index >= 15 is 0 Å². The van der Waals surface area contributed by atoms with Gasteiger partial charge >= 0.3 is 0 Å². The van der Waals surface area contributed by atoms with Crippen molar-refractivity contribution in [3.8, 4) is 0 Å². The fourth-order valence-electron chi connectivity index (χ4n) is 3.58. The Balaban J connectivity index is 1.45. The number of piperidine rings is 1. The molecule has 7 heteroatoms. The Morgan fingerprint density at radius 3 is 2.54 bits per heavy atom. The monoisotopic (exact) mass is 351 g/mol. The molecule has 132 valence electrons. The van der Waals surface area contributed by atoms with Crippen LogP contribution >= 0.6 is 11.6 Å². The van der Waals surface area contributed by atoms with Gasteiger partial charge in [0.1, 0.15) is 11.3 Å². The van der Waals surface area contributed by atoms with Crippen LogP contribution in [0.15, 0.2) is 12.5 Å². The maximum absolute atomic E-state index is 12.5. The van der Waals surface area contributed by atoms with Gasteiger partial charge in [-0.15, -0.1) is 0 Å². The van der Waals surface area contributed by atoms with Crippen molar-refractivity contribution in [3.05, 3.63) is 17.5 Å². The Hall–Kier alpha value is -1.40. The Bertz CT molecular complexity index is 554. The fourth-order valence-corrected chi connectivity index (χ4v) is 3.80.